The monoisotopic (exact) mass is 407 g/mol. The van der Waals surface area contributed by atoms with E-state index in [1.165, 1.54) is 0 Å². The van der Waals surface area contributed by atoms with E-state index < -0.39 is 0 Å². The predicted molar refractivity (Wildman–Crippen MR) is 103 cm³/mol. The van der Waals surface area contributed by atoms with Gasteiger partial charge in [0.1, 0.15) is 5.75 Å². The minimum absolute atomic E-state index is 0.0212. The van der Waals surface area contributed by atoms with Crippen molar-refractivity contribution in [3.8, 4) is 5.75 Å². The van der Waals surface area contributed by atoms with Gasteiger partial charge in [0.15, 0.2) is 6.61 Å². The van der Waals surface area contributed by atoms with Crippen LogP contribution in [0.2, 0.25) is 10.0 Å². The molecule has 2 heterocycles. The number of amides is 2. The summed E-state index contributed by atoms with van der Waals surface area (Å²) in [6.07, 6.45) is 1.95. The molecule has 1 fully saturated rings. The highest BCUT2D eigenvalue weighted by molar-refractivity contribution is 6.42. The Hall–Kier alpha value is -2.31. The van der Waals surface area contributed by atoms with Crippen LogP contribution in [0.15, 0.2) is 42.6 Å². The molecule has 0 unspecified atom stereocenters. The molecule has 0 aliphatic carbocycles. The Balaban J connectivity index is 1.44. The van der Waals surface area contributed by atoms with Crippen molar-refractivity contribution in [1.82, 2.24) is 14.8 Å². The molecule has 2 amide bonds. The number of pyridine rings is 1. The van der Waals surface area contributed by atoms with Gasteiger partial charge < -0.3 is 14.5 Å². The summed E-state index contributed by atoms with van der Waals surface area (Å²) >= 11 is 11.8. The van der Waals surface area contributed by atoms with E-state index >= 15 is 0 Å². The lowest BCUT2D eigenvalue weighted by atomic mass is 10.2. The Bertz CT molecular complexity index is 809. The molecular formula is C19H19Cl2N3O3. The number of rotatable bonds is 5. The molecule has 0 N–H and O–H groups in total. The van der Waals surface area contributed by atoms with Gasteiger partial charge in [-0.05, 0) is 24.3 Å². The van der Waals surface area contributed by atoms with Gasteiger partial charge in [0, 0.05) is 44.1 Å². The van der Waals surface area contributed by atoms with Crippen LogP contribution in [0.4, 0.5) is 0 Å². The predicted octanol–water partition coefficient (Wildman–Crippen LogP) is 2.68. The van der Waals surface area contributed by atoms with Gasteiger partial charge in [-0.15, -0.1) is 0 Å². The lowest BCUT2D eigenvalue weighted by Gasteiger charge is -2.34. The zero-order chi connectivity index (χ0) is 19.2. The highest BCUT2D eigenvalue weighted by Gasteiger charge is 2.24. The summed E-state index contributed by atoms with van der Waals surface area (Å²) in [4.78, 5) is 32.3. The van der Waals surface area contributed by atoms with Crippen molar-refractivity contribution in [2.45, 2.75) is 6.42 Å². The molecule has 1 saturated heterocycles. The van der Waals surface area contributed by atoms with Gasteiger partial charge in [0.2, 0.25) is 5.91 Å². The number of carbonyl (C=O) groups is 2. The van der Waals surface area contributed by atoms with E-state index in [9.17, 15) is 9.59 Å². The normalized spacial score (nSPS) is 14.1. The van der Waals surface area contributed by atoms with Crippen LogP contribution < -0.4 is 4.74 Å². The van der Waals surface area contributed by atoms with Crippen molar-refractivity contribution < 1.29 is 14.3 Å². The molecule has 1 aliphatic rings. The third-order valence-corrected chi connectivity index (χ3v) is 5.04. The maximum Gasteiger partial charge on any atom is 0.260 e. The van der Waals surface area contributed by atoms with Gasteiger partial charge in [-0.25, -0.2) is 0 Å². The SMILES string of the molecule is O=C(COc1ccc(Cl)c(Cl)c1)N1CCN(C(=O)Cc2ccccn2)CC1. The van der Waals surface area contributed by atoms with E-state index in [0.29, 0.717) is 42.0 Å². The Labute approximate surface area is 167 Å². The van der Waals surface area contributed by atoms with Crippen LogP contribution in [0.5, 0.6) is 5.75 Å². The fourth-order valence-electron chi connectivity index (χ4n) is 2.78. The van der Waals surface area contributed by atoms with Crippen molar-refractivity contribution in [3.63, 3.8) is 0 Å². The fourth-order valence-corrected chi connectivity index (χ4v) is 3.07. The summed E-state index contributed by atoms with van der Waals surface area (Å²) in [5.74, 6) is 0.382. The molecule has 1 aromatic heterocycles. The van der Waals surface area contributed by atoms with E-state index in [4.69, 9.17) is 27.9 Å². The van der Waals surface area contributed by atoms with E-state index in [-0.39, 0.29) is 24.8 Å². The minimum Gasteiger partial charge on any atom is -0.484 e. The van der Waals surface area contributed by atoms with Crippen molar-refractivity contribution in [3.05, 3.63) is 58.3 Å². The zero-order valence-electron chi connectivity index (χ0n) is 14.6. The number of hydrogen-bond acceptors (Lipinski definition) is 4. The van der Waals surface area contributed by atoms with Crippen LogP contribution in [0.3, 0.4) is 0 Å². The molecule has 1 aromatic carbocycles. The van der Waals surface area contributed by atoms with Crippen LogP contribution in [-0.2, 0) is 16.0 Å². The van der Waals surface area contributed by atoms with E-state index in [1.807, 2.05) is 18.2 Å². The molecule has 0 spiro atoms. The number of hydrogen-bond donors (Lipinski definition) is 0. The Kier molecular flexibility index (Phi) is 6.53. The van der Waals surface area contributed by atoms with E-state index in [1.54, 1.807) is 34.2 Å². The number of aromatic nitrogens is 1. The standard InChI is InChI=1S/C19H19Cl2N3O3/c20-16-5-4-15(12-17(16)21)27-13-19(26)24-9-7-23(8-10-24)18(25)11-14-3-1-2-6-22-14/h1-6,12H,7-11,13H2. The van der Waals surface area contributed by atoms with Crippen molar-refractivity contribution >= 4 is 35.0 Å². The van der Waals surface area contributed by atoms with E-state index in [0.717, 1.165) is 5.69 Å². The highest BCUT2D eigenvalue weighted by atomic mass is 35.5. The van der Waals surface area contributed by atoms with Gasteiger partial charge >= 0.3 is 0 Å². The molecule has 142 valence electrons. The Morgan fingerprint density at radius 3 is 2.30 bits per heavy atom. The molecule has 2 aromatic rings. The number of halogens is 2. The summed E-state index contributed by atoms with van der Waals surface area (Å²) < 4.78 is 5.49. The first-order valence-electron chi connectivity index (χ1n) is 8.56. The first-order valence-corrected chi connectivity index (χ1v) is 9.32. The molecule has 27 heavy (non-hydrogen) atoms. The molecule has 3 rings (SSSR count). The topological polar surface area (TPSA) is 62.7 Å². The van der Waals surface area contributed by atoms with Gasteiger partial charge in [-0.3, -0.25) is 14.6 Å². The molecule has 8 heteroatoms. The number of benzene rings is 1. The lowest BCUT2D eigenvalue weighted by molar-refractivity contribution is -0.140. The Morgan fingerprint density at radius 1 is 0.963 bits per heavy atom. The summed E-state index contributed by atoms with van der Waals surface area (Å²) in [6, 6.07) is 10.4. The number of carbonyl (C=O) groups excluding carboxylic acids is 2. The highest BCUT2D eigenvalue weighted by Crippen LogP contribution is 2.26. The molecule has 6 nitrogen and oxygen atoms in total. The third kappa shape index (κ3) is 5.34. The number of ether oxygens (including phenoxy) is 1. The second kappa shape index (κ2) is 9.06. The second-order valence-corrected chi connectivity index (χ2v) is 6.94. The summed E-state index contributed by atoms with van der Waals surface area (Å²) in [6.45, 7) is 1.89. The van der Waals surface area contributed by atoms with Crippen molar-refractivity contribution in [2.75, 3.05) is 32.8 Å². The number of nitrogens with zero attached hydrogens (tertiary/aromatic N) is 3. The quantitative estimate of drug-likeness (QED) is 0.764. The molecule has 0 radical (unpaired) electrons. The van der Waals surface area contributed by atoms with Gasteiger partial charge in [0.05, 0.1) is 16.5 Å². The largest absolute Gasteiger partial charge is 0.484 e. The third-order valence-electron chi connectivity index (χ3n) is 4.30. The van der Waals surface area contributed by atoms with Crippen LogP contribution >= 0.6 is 23.2 Å². The average molecular weight is 408 g/mol. The van der Waals surface area contributed by atoms with Crippen LogP contribution in [0, 0.1) is 0 Å². The van der Waals surface area contributed by atoms with Gasteiger partial charge in [-0.1, -0.05) is 29.3 Å². The lowest BCUT2D eigenvalue weighted by Crippen LogP contribution is -2.52. The van der Waals surface area contributed by atoms with Gasteiger partial charge in [0.25, 0.3) is 5.91 Å². The molecule has 0 atom stereocenters. The average Bonchev–Trinajstić information content (AvgIpc) is 2.69. The minimum atomic E-state index is -0.127. The van der Waals surface area contributed by atoms with Crippen LogP contribution in [-0.4, -0.2) is 59.4 Å². The van der Waals surface area contributed by atoms with Crippen molar-refractivity contribution in [2.24, 2.45) is 0 Å². The second-order valence-electron chi connectivity index (χ2n) is 6.12. The van der Waals surface area contributed by atoms with Crippen molar-refractivity contribution in [1.29, 1.82) is 0 Å². The molecule has 0 bridgehead atoms. The summed E-state index contributed by atoms with van der Waals surface area (Å²) in [5.41, 5.74) is 0.746. The Morgan fingerprint density at radius 2 is 1.67 bits per heavy atom. The first-order chi connectivity index (χ1) is 13.0. The molecule has 1 aliphatic heterocycles. The first kappa shape index (κ1) is 19.5. The maximum atomic E-state index is 12.3. The summed E-state index contributed by atoms with van der Waals surface area (Å²) in [7, 11) is 0. The van der Waals surface area contributed by atoms with Crippen LogP contribution in [0.1, 0.15) is 5.69 Å². The fraction of sp³-hybridized carbons (Fsp3) is 0.316. The van der Waals surface area contributed by atoms with E-state index in [2.05, 4.69) is 4.98 Å². The zero-order valence-corrected chi connectivity index (χ0v) is 16.1. The van der Waals surface area contributed by atoms with Gasteiger partial charge in [-0.2, -0.15) is 0 Å². The molecular weight excluding hydrogens is 389 g/mol. The number of piperazine rings is 1. The summed E-state index contributed by atoms with van der Waals surface area (Å²) in [5, 5.41) is 0.809. The van der Waals surface area contributed by atoms with Crippen LogP contribution in [0.25, 0.3) is 0 Å². The smallest absolute Gasteiger partial charge is 0.260 e. The molecule has 0 saturated carbocycles. The maximum absolute atomic E-state index is 12.3.